The molecule has 2 heterocycles. The third kappa shape index (κ3) is 2.49. The summed E-state index contributed by atoms with van der Waals surface area (Å²) in [5, 5.41) is 6.90. The highest BCUT2D eigenvalue weighted by Gasteiger charge is 2.07. The smallest absolute Gasteiger partial charge is 0.261 e. The maximum Gasteiger partial charge on any atom is 0.261 e. The molecule has 0 saturated carbocycles. The van der Waals surface area contributed by atoms with Crippen LogP contribution in [-0.2, 0) is 13.6 Å². The second kappa shape index (κ2) is 4.49. The van der Waals surface area contributed by atoms with Crippen LogP contribution in [0.2, 0.25) is 0 Å². The number of rotatable bonds is 3. The van der Waals surface area contributed by atoms with Crippen molar-refractivity contribution in [1.82, 2.24) is 15.1 Å². The van der Waals surface area contributed by atoms with Crippen molar-refractivity contribution < 1.29 is 4.79 Å². The van der Waals surface area contributed by atoms with Crippen molar-refractivity contribution in [3.05, 3.63) is 39.8 Å². The van der Waals surface area contributed by atoms with E-state index in [-0.39, 0.29) is 5.91 Å². The number of hydrogen-bond acceptors (Lipinski definition) is 3. The van der Waals surface area contributed by atoms with Gasteiger partial charge in [0.1, 0.15) is 0 Å². The zero-order chi connectivity index (χ0) is 11.5. The van der Waals surface area contributed by atoms with E-state index in [2.05, 4.69) is 10.4 Å². The summed E-state index contributed by atoms with van der Waals surface area (Å²) in [6.07, 6.45) is 3.64. The van der Waals surface area contributed by atoms with E-state index in [1.165, 1.54) is 11.3 Å². The number of nitrogens with zero attached hydrogens (tertiary/aromatic N) is 2. The van der Waals surface area contributed by atoms with Gasteiger partial charge in [-0.05, 0) is 19.1 Å². The Morgan fingerprint density at radius 1 is 1.56 bits per heavy atom. The second-order valence-corrected chi connectivity index (χ2v) is 4.90. The van der Waals surface area contributed by atoms with Crippen molar-refractivity contribution in [2.24, 2.45) is 7.05 Å². The molecule has 1 amide bonds. The average Bonchev–Trinajstić information content (AvgIpc) is 2.84. The normalized spacial score (nSPS) is 10.4. The summed E-state index contributed by atoms with van der Waals surface area (Å²) in [5.74, 6) is -0.0260. The van der Waals surface area contributed by atoms with E-state index in [1.54, 1.807) is 10.9 Å². The third-order valence-electron chi connectivity index (χ3n) is 2.18. The molecule has 0 aromatic carbocycles. The second-order valence-electron chi connectivity index (χ2n) is 3.62. The lowest BCUT2D eigenvalue weighted by Crippen LogP contribution is -2.21. The number of nitrogens with one attached hydrogen (secondary N) is 1. The Bertz CT molecular complexity index is 501. The van der Waals surface area contributed by atoms with E-state index in [4.69, 9.17) is 0 Å². The van der Waals surface area contributed by atoms with Crippen molar-refractivity contribution in [1.29, 1.82) is 0 Å². The number of hydrogen-bond donors (Lipinski definition) is 1. The fraction of sp³-hybridized carbons (Fsp3) is 0.273. The number of carbonyl (C=O) groups excluding carboxylic acids is 1. The Morgan fingerprint density at radius 3 is 2.94 bits per heavy atom. The molecule has 0 aliphatic heterocycles. The number of amides is 1. The van der Waals surface area contributed by atoms with E-state index in [9.17, 15) is 4.79 Å². The van der Waals surface area contributed by atoms with Crippen LogP contribution in [0.1, 0.15) is 20.1 Å². The summed E-state index contributed by atoms with van der Waals surface area (Å²) < 4.78 is 1.72. The fourth-order valence-corrected chi connectivity index (χ4v) is 2.17. The van der Waals surface area contributed by atoms with Gasteiger partial charge in [0.05, 0.1) is 11.1 Å². The van der Waals surface area contributed by atoms with Crippen LogP contribution in [0.4, 0.5) is 0 Å². The monoisotopic (exact) mass is 235 g/mol. The van der Waals surface area contributed by atoms with Gasteiger partial charge in [-0.2, -0.15) is 5.10 Å². The largest absolute Gasteiger partial charge is 0.347 e. The zero-order valence-corrected chi connectivity index (χ0v) is 10.0. The first-order chi connectivity index (χ1) is 7.65. The summed E-state index contributed by atoms with van der Waals surface area (Å²) in [7, 11) is 1.86. The average molecular weight is 235 g/mol. The van der Waals surface area contributed by atoms with Crippen molar-refractivity contribution >= 4 is 17.2 Å². The van der Waals surface area contributed by atoms with Crippen LogP contribution < -0.4 is 5.32 Å². The predicted octanol–water partition coefficient (Wildman–Crippen LogP) is 1.72. The molecule has 0 aliphatic carbocycles. The molecule has 0 spiro atoms. The highest BCUT2D eigenvalue weighted by Crippen LogP contribution is 2.14. The molecule has 0 saturated heterocycles. The number of thiophene rings is 1. The van der Waals surface area contributed by atoms with Gasteiger partial charge in [0.2, 0.25) is 0 Å². The van der Waals surface area contributed by atoms with E-state index >= 15 is 0 Å². The van der Waals surface area contributed by atoms with Crippen LogP contribution in [0.25, 0.3) is 0 Å². The standard InChI is InChI=1S/C11H13N3OS/c1-8-3-4-10(16-8)11(15)12-5-9-6-13-14(2)7-9/h3-4,6-7H,5H2,1-2H3,(H,12,15). The number of aryl methyl sites for hydroxylation is 2. The molecule has 5 heteroatoms. The van der Waals surface area contributed by atoms with Gasteiger partial charge in [-0.3, -0.25) is 9.48 Å². The molecule has 84 valence electrons. The predicted molar refractivity (Wildman–Crippen MR) is 63.4 cm³/mol. The maximum atomic E-state index is 11.7. The molecule has 4 nitrogen and oxygen atoms in total. The van der Waals surface area contributed by atoms with E-state index in [1.807, 2.05) is 32.3 Å². The Hall–Kier alpha value is -1.62. The fourth-order valence-electron chi connectivity index (χ4n) is 1.39. The quantitative estimate of drug-likeness (QED) is 0.880. The summed E-state index contributed by atoms with van der Waals surface area (Å²) in [6.45, 7) is 2.51. The van der Waals surface area contributed by atoms with Gasteiger partial charge in [0.25, 0.3) is 5.91 Å². The Morgan fingerprint density at radius 2 is 2.38 bits per heavy atom. The van der Waals surface area contributed by atoms with Crippen LogP contribution >= 0.6 is 11.3 Å². The van der Waals surface area contributed by atoms with Gasteiger partial charge in [-0.15, -0.1) is 11.3 Å². The molecular weight excluding hydrogens is 222 g/mol. The lowest BCUT2D eigenvalue weighted by molar-refractivity contribution is 0.0955. The van der Waals surface area contributed by atoms with Gasteiger partial charge >= 0.3 is 0 Å². The molecule has 0 radical (unpaired) electrons. The van der Waals surface area contributed by atoms with Crippen molar-refractivity contribution in [3.63, 3.8) is 0 Å². The van der Waals surface area contributed by atoms with Gasteiger partial charge < -0.3 is 5.32 Å². The topological polar surface area (TPSA) is 46.9 Å². The van der Waals surface area contributed by atoms with Crippen molar-refractivity contribution in [3.8, 4) is 0 Å². The summed E-state index contributed by atoms with van der Waals surface area (Å²) in [4.78, 5) is 13.6. The summed E-state index contributed by atoms with van der Waals surface area (Å²) in [6, 6.07) is 3.79. The van der Waals surface area contributed by atoms with Gasteiger partial charge in [-0.25, -0.2) is 0 Å². The van der Waals surface area contributed by atoms with Crippen LogP contribution in [-0.4, -0.2) is 15.7 Å². The SMILES string of the molecule is Cc1ccc(C(=O)NCc2cnn(C)c2)s1. The minimum Gasteiger partial charge on any atom is -0.347 e. The number of carbonyl (C=O) groups is 1. The highest BCUT2D eigenvalue weighted by atomic mass is 32.1. The van der Waals surface area contributed by atoms with E-state index in [0.29, 0.717) is 6.54 Å². The molecule has 0 atom stereocenters. The van der Waals surface area contributed by atoms with Gasteiger partial charge in [-0.1, -0.05) is 0 Å². The van der Waals surface area contributed by atoms with Gasteiger partial charge in [0, 0.05) is 30.2 Å². The molecule has 0 unspecified atom stereocenters. The first kappa shape index (κ1) is 10.9. The minimum absolute atomic E-state index is 0.0260. The highest BCUT2D eigenvalue weighted by molar-refractivity contribution is 7.13. The first-order valence-electron chi connectivity index (χ1n) is 4.97. The minimum atomic E-state index is -0.0260. The Kier molecular flexibility index (Phi) is 3.05. The van der Waals surface area contributed by atoms with Crippen LogP contribution in [0, 0.1) is 6.92 Å². The molecule has 0 bridgehead atoms. The summed E-state index contributed by atoms with van der Waals surface area (Å²) >= 11 is 1.50. The molecular formula is C11H13N3OS. The summed E-state index contributed by atoms with van der Waals surface area (Å²) in [5.41, 5.74) is 1.00. The molecule has 1 N–H and O–H groups in total. The molecule has 16 heavy (non-hydrogen) atoms. The molecule has 0 fully saturated rings. The first-order valence-corrected chi connectivity index (χ1v) is 5.79. The molecule has 2 aromatic rings. The third-order valence-corrected chi connectivity index (χ3v) is 3.18. The van der Waals surface area contributed by atoms with E-state index in [0.717, 1.165) is 15.3 Å². The maximum absolute atomic E-state index is 11.7. The Labute approximate surface area is 97.9 Å². The van der Waals surface area contributed by atoms with Crippen LogP contribution in [0.3, 0.4) is 0 Å². The van der Waals surface area contributed by atoms with Crippen molar-refractivity contribution in [2.45, 2.75) is 13.5 Å². The zero-order valence-electron chi connectivity index (χ0n) is 9.23. The van der Waals surface area contributed by atoms with E-state index < -0.39 is 0 Å². The molecule has 2 aromatic heterocycles. The molecule has 2 rings (SSSR count). The lowest BCUT2D eigenvalue weighted by atomic mass is 10.3. The van der Waals surface area contributed by atoms with Crippen LogP contribution in [0.5, 0.6) is 0 Å². The van der Waals surface area contributed by atoms with Gasteiger partial charge in [0.15, 0.2) is 0 Å². The Balaban J connectivity index is 1.93. The molecule has 0 aliphatic rings. The lowest BCUT2D eigenvalue weighted by Gasteiger charge is -2.00. The van der Waals surface area contributed by atoms with Crippen molar-refractivity contribution in [2.75, 3.05) is 0 Å². The van der Waals surface area contributed by atoms with Crippen LogP contribution in [0.15, 0.2) is 24.5 Å². The number of aromatic nitrogens is 2.